The number of hydrazine groups is 1. The van der Waals surface area contributed by atoms with Crippen molar-refractivity contribution in [2.24, 2.45) is 5.84 Å². The Bertz CT molecular complexity index is 317. The van der Waals surface area contributed by atoms with E-state index in [-0.39, 0.29) is 11.9 Å². The van der Waals surface area contributed by atoms with Crippen molar-refractivity contribution >= 4 is 15.9 Å². The molecule has 84 valence electrons. The molecule has 0 radical (unpaired) electrons. The van der Waals surface area contributed by atoms with Crippen molar-refractivity contribution < 1.29 is 4.39 Å². The lowest BCUT2D eigenvalue weighted by molar-refractivity contribution is 0.490. The molecule has 3 N–H and O–H groups in total. The summed E-state index contributed by atoms with van der Waals surface area (Å²) in [6.45, 7) is 2.12. The summed E-state index contributed by atoms with van der Waals surface area (Å²) in [7, 11) is 0. The van der Waals surface area contributed by atoms with Crippen molar-refractivity contribution in [3.05, 3.63) is 34.1 Å². The van der Waals surface area contributed by atoms with Crippen LogP contribution in [0.1, 0.15) is 37.8 Å². The molecule has 4 heteroatoms. The first-order valence-corrected chi connectivity index (χ1v) is 5.89. The summed E-state index contributed by atoms with van der Waals surface area (Å²) in [5.41, 5.74) is 3.61. The molecule has 0 aromatic heterocycles. The summed E-state index contributed by atoms with van der Waals surface area (Å²) < 4.78 is 14.0. The number of hydrogen-bond donors (Lipinski definition) is 2. The molecule has 1 aromatic rings. The lowest BCUT2D eigenvalue weighted by Crippen LogP contribution is -2.28. The summed E-state index contributed by atoms with van der Waals surface area (Å²) in [6, 6.07) is 4.67. The van der Waals surface area contributed by atoms with E-state index in [1.807, 2.05) is 0 Å². The topological polar surface area (TPSA) is 38.0 Å². The number of benzene rings is 1. The molecule has 0 saturated carbocycles. The molecule has 0 saturated heterocycles. The van der Waals surface area contributed by atoms with Gasteiger partial charge in [-0.1, -0.05) is 35.7 Å². The maximum Gasteiger partial charge on any atom is 0.123 e. The fraction of sp³-hybridized carbons (Fsp3) is 0.455. The van der Waals surface area contributed by atoms with Gasteiger partial charge in [-0.25, -0.2) is 4.39 Å². The van der Waals surface area contributed by atoms with Gasteiger partial charge in [0.25, 0.3) is 0 Å². The van der Waals surface area contributed by atoms with Gasteiger partial charge in [-0.15, -0.1) is 0 Å². The van der Waals surface area contributed by atoms with Crippen LogP contribution in [-0.2, 0) is 0 Å². The Morgan fingerprint density at radius 1 is 1.53 bits per heavy atom. The van der Waals surface area contributed by atoms with Crippen LogP contribution in [0.25, 0.3) is 0 Å². The molecule has 1 unspecified atom stereocenters. The van der Waals surface area contributed by atoms with Crippen molar-refractivity contribution in [1.29, 1.82) is 0 Å². The molecular weight excluding hydrogens is 259 g/mol. The van der Waals surface area contributed by atoms with Crippen LogP contribution >= 0.6 is 15.9 Å². The highest BCUT2D eigenvalue weighted by Gasteiger charge is 2.13. The predicted molar refractivity (Wildman–Crippen MR) is 63.7 cm³/mol. The van der Waals surface area contributed by atoms with Crippen LogP contribution < -0.4 is 11.3 Å². The first kappa shape index (κ1) is 12.6. The lowest BCUT2D eigenvalue weighted by Gasteiger charge is -2.17. The molecule has 0 aliphatic rings. The molecule has 1 atom stereocenters. The quantitative estimate of drug-likeness (QED) is 0.639. The van der Waals surface area contributed by atoms with Gasteiger partial charge in [-0.2, -0.15) is 0 Å². The van der Waals surface area contributed by atoms with E-state index in [1.165, 1.54) is 12.1 Å². The van der Waals surface area contributed by atoms with E-state index in [0.29, 0.717) is 0 Å². The highest BCUT2D eigenvalue weighted by atomic mass is 79.9. The Kier molecular flexibility index (Phi) is 5.22. The molecular formula is C11H16BrFN2. The van der Waals surface area contributed by atoms with Crippen LogP contribution in [0, 0.1) is 5.82 Å². The standard InChI is InChI=1S/C11H16BrFN2/c1-2-3-4-11(15-14)9-7-8(13)5-6-10(9)12/h5-7,11,15H,2-4,14H2,1H3. The number of halogens is 2. The molecule has 0 spiro atoms. The van der Waals surface area contributed by atoms with E-state index in [4.69, 9.17) is 5.84 Å². The van der Waals surface area contributed by atoms with Crippen LogP contribution in [-0.4, -0.2) is 0 Å². The first-order valence-electron chi connectivity index (χ1n) is 5.10. The van der Waals surface area contributed by atoms with Gasteiger partial charge in [0.1, 0.15) is 5.82 Å². The molecule has 0 amide bonds. The molecule has 2 nitrogen and oxygen atoms in total. The molecule has 0 aliphatic carbocycles. The minimum Gasteiger partial charge on any atom is -0.271 e. The smallest absolute Gasteiger partial charge is 0.123 e. The second-order valence-electron chi connectivity index (χ2n) is 3.53. The average Bonchev–Trinajstić information content (AvgIpc) is 2.24. The molecule has 0 heterocycles. The van der Waals surface area contributed by atoms with E-state index in [2.05, 4.69) is 28.3 Å². The van der Waals surface area contributed by atoms with E-state index < -0.39 is 0 Å². The van der Waals surface area contributed by atoms with Crippen LogP contribution in [0.15, 0.2) is 22.7 Å². The van der Waals surface area contributed by atoms with Crippen LogP contribution in [0.4, 0.5) is 4.39 Å². The zero-order valence-corrected chi connectivity index (χ0v) is 10.3. The molecule has 0 bridgehead atoms. The second kappa shape index (κ2) is 6.20. The Balaban J connectivity index is 2.85. The highest BCUT2D eigenvalue weighted by Crippen LogP contribution is 2.27. The zero-order valence-electron chi connectivity index (χ0n) is 8.76. The monoisotopic (exact) mass is 274 g/mol. The van der Waals surface area contributed by atoms with Crippen molar-refractivity contribution in [1.82, 2.24) is 5.43 Å². The maximum atomic E-state index is 13.1. The van der Waals surface area contributed by atoms with Gasteiger partial charge >= 0.3 is 0 Å². The van der Waals surface area contributed by atoms with E-state index in [0.717, 1.165) is 29.3 Å². The molecule has 0 fully saturated rings. The first-order chi connectivity index (χ1) is 7.19. The van der Waals surface area contributed by atoms with E-state index in [1.54, 1.807) is 6.07 Å². The van der Waals surface area contributed by atoms with Gasteiger partial charge in [0.15, 0.2) is 0 Å². The van der Waals surface area contributed by atoms with Gasteiger partial charge in [0.2, 0.25) is 0 Å². The number of nitrogens with one attached hydrogen (secondary N) is 1. The third kappa shape index (κ3) is 3.55. The lowest BCUT2D eigenvalue weighted by atomic mass is 10.0. The van der Waals surface area contributed by atoms with E-state index >= 15 is 0 Å². The normalized spacial score (nSPS) is 12.8. The molecule has 1 aromatic carbocycles. The number of hydrogen-bond acceptors (Lipinski definition) is 2. The van der Waals surface area contributed by atoms with Crippen molar-refractivity contribution in [3.8, 4) is 0 Å². The SMILES string of the molecule is CCCCC(NN)c1cc(F)ccc1Br. The number of nitrogens with two attached hydrogens (primary N) is 1. The fourth-order valence-corrected chi connectivity index (χ4v) is 2.04. The third-order valence-electron chi connectivity index (χ3n) is 2.38. The second-order valence-corrected chi connectivity index (χ2v) is 4.38. The summed E-state index contributed by atoms with van der Waals surface area (Å²) in [5, 5.41) is 0. The maximum absolute atomic E-state index is 13.1. The van der Waals surface area contributed by atoms with Gasteiger partial charge in [-0.3, -0.25) is 11.3 Å². The third-order valence-corrected chi connectivity index (χ3v) is 3.10. The number of unbranched alkanes of at least 4 members (excludes halogenated alkanes) is 1. The summed E-state index contributed by atoms with van der Waals surface area (Å²) in [4.78, 5) is 0. The van der Waals surface area contributed by atoms with Gasteiger partial charge < -0.3 is 0 Å². The predicted octanol–water partition coefficient (Wildman–Crippen LogP) is 3.28. The van der Waals surface area contributed by atoms with Crippen LogP contribution in [0.3, 0.4) is 0 Å². The van der Waals surface area contributed by atoms with Crippen molar-refractivity contribution in [3.63, 3.8) is 0 Å². The minimum absolute atomic E-state index is 0.00928. The van der Waals surface area contributed by atoms with Gasteiger partial charge in [-0.05, 0) is 30.2 Å². The molecule has 0 aliphatic heterocycles. The number of rotatable bonds is 5. The fourth-order valence-electron chi connectivity index (χ4n) is 1.52. The summed E-state index contributed by atoms with van der Waals surface area (Å²) in [5.74, 6) is 5.24. The largest absolute Gasteiger partial charge is 0.271 e. The Morgan fingerprint density at radius 3 is 2.87 bits per heavy atom. The molecule has 1 rings (SSSR count). The Labute approximate surface area is 98.1 Å². The highest BCUT2D eigenvalue weighted by molar-refractivity contribution is 9.10. The van der Waals surface area contributed by atoms with Crippen molar-refractivity contribution in [2.45, 2.75) is 32.2 Å². The Hall–Kier alpha value is -0.450. The zero-order chi connectivity index (χ0) is 11.3. The summed E-state index contributed by atoms with van der Waals surface area (Å²) in [6.07, 6.45) is 3.08. The Morgan fingerprint density at radius 2 is 2.27 bits per heavy atom. The van der Waals surface area contributed by atoms with Crippen LogP contribution in [0.5, 0.6) is 0 Å². The minimum atomic E-state index is -0.232. The molecule has 15 heavy (non-hydrogen) atoms. The average molecular weight is 275 g/mol. The van der Waals surface area contributed by atoms with Gasteiger partial charge in [0, 0.05) is 10.5 Å². The van der Waals surface area contributed by atoms with Crippen molar-refractivity contribution in [2.75, 3.05) is 0 Å². The summed E-state index contributed by atoms with van der Waals surface area (Å²) >= 11 is 3.40. The van der Waals surface area contributed by atoms with Crippen LogP contribution in [0.2, 0.25) is 0 Å². The van der Waals surface area contributed by atoms with Gasteiger partial charge in [0.05, 0.1) is 0 Å². The van der Waals surface area contributed by atoms with E-state index in [9.17, 15) is 4.39 Å².